The second-order valence-electron chi connectivity index (χ2n) is 2.83. The summed E-state index contributed by atoms with van der Waals surface area (Å²) in [6.07, 6.45) is 0.878. The molecule has 60 valence electrons. The van der Waals surface area contributed by atoms with Gasteiger partial charge >= 0.3 is 0 Å². The van der Waals surface area contributed by atoms with E-state index in [1.807, 2.05) is 0 Å². The van der Waals surface area contributed by atoms with E-state index >= 15 is 0 Å². The van der Waals surface area contributed by atoms with Crippen molar-refractivity contribution < 1.29 is 9.50 Å². The number of aliphatic hydroxyl groups excluding tert-OH is 1. The fourth-order valence-electron chi connectivity index (χ4n) is 1.34. The number of aliphatic hydroxyl groups is 1. The number of rotatable bonds is 4. The van der Waals surface area contributed by atoms with Crippen molar-refractivity contribution in [2.45, 2.75) is 6.42 Å². The zero-order chi connectivity index (χ0) is 7.40. The highest BCUT2D eigenvalue weighted by Gasteiger charge is 2.24. The van der Waals surface area contributed by atoms with Gasteiger partial charge < -0.3 is 10.0 Å². The molecule has 1 heterocycles. The third-order valence-electron chi connectivity index (χ3n) is 1.97. The van der Waals surface area contributed by atoms with E-state index in [2.05, 4.69) is 4.90 Å². The fourth-order valence-corrected chi connectivity index (χ4v) is 1.34. The van der Waals surface area contributed by atoms with Crippen molar-refractivity contribution in [2.75, 3.05) is 32.9 Å². The summed E-state index contributed by atoms with van der Waals surface area (Å²) in [5.41, 5.74) is 0. The molecule has 0 aliphatic carbocycles. The Bertz CT molecular complexity index is 83.6. The first-order valence-corrected chi connectivity index (χ1v) is 3.76. The minimum Gasteiger partial charge on any atom is -0.396 e. The molecule has 1 aliphatic rings. The van der Waals surface area contributed by atoms with E-state index < -0.39 is 0 Å². The summed E-state index contributed by atoms with van der Waals surface area (Å²) >= 11 is 0. The van der Waals surface area contributed by atoms with E-state index in [-0.39, 0.29) is 13.3 Å². The van der Waals surface area contributed by atoms with E-state index in [0.717, 1.165) is 19.5 Å². The van der Waals surface area contributed by atoms with Crippen molar-refractivity contribution in [1.82, 2.24) is 4.90 Å². The molecule has 0 amide bonds. The number of halogens is 1. The van der Waals surface area contributed by atoms with Gasteiger partial charge in [-0.1, -0.05) is 0 Å². The molecule has 0 saturated carbocycles. The van der Waals surface area contributed by atoms with Gasteiger partial charge in [-0.05, 0) is 12.3 Å². The third-order valence-corrected chi connectivity index (χ3v) is 1.97. The Kier molecular flexibility index (Phi) is 3.09. The maximum atomic E-state index is 11.7. The Morgan fingerprint density at radius 1 is 1.50 bits per heavy atom. The van der Waals surface area contributed by atoms with Crippen LogP contribution >= 0.6 is 0 Å². The first-order chi connectivity index (χ1) is 4.86. The summed E-state index contributed by atoms with van der Waals surface area (Å²) in [5.74, 6) is 0.622. The third kappa shape index (κ3) is 1.92. The van der Waals surface area contributed by atoms with Crippen LogP contribution in [0.5, 0.6) is 0 Å². The van der Waals surface area contributed by atoms with E-state index in [0.29, 0.717) is 12.5 Å². The van der Waals surface area contributed by atoms with Gasteiger partial charge in [0.1, 0.15) is 6.67 Å². The first-order valence-electron chi connectivity index (χ1n) is 3.76. The summed E-state index contributed by atoms with van der Waals surface area (Å²) < 4.78 is 11.7. The highest BCUT2D eigenvalue weighted by Crippen LogP contribution is 2.17. The minimum absolute atomic E-state index is 0.244. The molecule has 10 heavy (non-hydrogen) atoms. The van der Waals surface area contributed by atoms with Crippen LogP contribution in [-0.4, -0.2) is 42.9 Å². The summed E-state index contributed by atoms with van der Waals surface area (Å²) in [6, 6.07) is 0. The molecule has 0 spiro atoms. The van der Waals surface area contributed by atoms with Gasteiger partial charge in [-0.25, -0.2) is 4.39 Å². The Morgan fingerprint density at radius 2 is 2.20 bits per heavy atom. The molecule has 0 atom stereocenters. The summed E-state index contributed by atoms with van der Waals surface area (Å²) in [5, 5.41) is 8.53. The minimum atomic E-state index is -0.244. The SMILES string of the molecule is OCCC1CN(CCF)C1. The van der Waals surface area contributed by atoms with Crippen molar-refractivity contribution >= 4 is 0 Å². The zero-order valence-electron chi connectivity index (χ0n) is 6.09. The molecular formula is C7H14FNO. The van der Waals surface area contributed by atoms with Crippen molar-refractivity contribution in [1.29, 1.82) is 0 Å². The fraction of sp³-hybridized carbons (Fsp3) is 1.00. The predicted molar refractivity (Wildman–Crippen MR) is 37.6 cm³/mol. The Morgan fingerprint density at radius 3 is 2.70 bits per heavy atom. The van der Waals surface area contributed by atoms with Crippen LogP contribution in [0, 0.1) is 5.92 Å². The largest absolute Gasteiger partial charge is 0.396 e. The van der Waals surface area contributed by atoms with Crippen molar-refractivity contribution in [3.8, 4) is 0 Å². The molecule has 0 unspecified atom stereocenters. The maximum absolute atomic E-state index is 11.7. The number of likely N-dealkylation sites (tertiary alicyclic amines) is 1. The Balaban J connectivity index is 1.95. The monoisotopic (exact) mass is 147 g/mol. The standard InChI is InChI=1S/C7H14FNO/c8-2-3-9-5-7(6-9)1-4-10/h7,10H,1-6H2. The normalized spacial score (nSPS) is 21.0. The van der Waals surface area contributed by atoms with Gasteiger partial charge in [-0.15, -0.1) is 0 Å². The molecule has 1 fully saturated rings. The highest BCUT2D eigenvalue weighted by atomic mass is 19.1. The number of hydrogen-bond donors (Lipinski definition) is 1. The summed E-state index contributed by atoms with van der Waals surface area (Å²) in [4.78, 5) is 2.07. The van der Waals surface area contributed by atoms with Gasteiger partial charge in [0.2, 0.25) is 0 Å². The molecule has 0 aromatic rings. The molecule has 2 nitrogen and oxygen atoms in total. The molecule has 0 radical (unpaired) electrons. The lowest BCUT2D eigenvalue weighted by atomic mass is 9.97. The van der Waals surface area contributed by atoms with Gasteiger partial charge in [0.05, 0.1) is 0 Å². The van der Waals surface area contributed by atoms with Crippen LogP contribution in [0.25, 0.3) is 0 Å². The quantitative estimate of drug-likeness (QED) is 0.617. The van der Waals surface area contributed by atoms with E-state index in [1.54, 1.807) is 0 Å². The predicted octanol–water partition coefficient (Wildman–Crippen LogP) is 0.270. The maximum Gasteiger partial charge on any atom is 0.102 e. The van der Waals surface area contributed by atoms with Crippen LogP contribution in [0.4, 0.5) is 4.39 Å². The molecule has 0 bridgehead atoms. The lowest BCUT2D eigenvalue weighted by Gasteiger charge is -2.38. The van der Waals surface area contributed by atoms with E-state index in [9.17, 15) is 4.39 Å². The van der Waals surface area contributed by atoms with Gasteiger partial charge in [-0.3, -0.25) is 0 Å². The van der Waals surface area contributed by atoms with E-state index in [1.165, 1.54) is 0 Å². The summed E-state index contributed by atoms with van der Waals surface area (Å²) in [6.45, 7) is 2.55. The molecule has 3 heteroatoms. The molecule has 0 aromatic carbocycles. The first kappa shape index (κ1) is 7.95. The summed E-state index contributed by atoms with van der Waals surface area (Å²) in [7, 11) is 0. The lowest BCUT2D eigenvalue weighted by Crippen LogP contribution is -2.47. The van der Waals surface area contributed by atoms with E-state index in [4.69, 9.17) is 5.11 Å². The average Bonchev–Trinajstić information content (AvgIpc) is 1.84. The highest BCUT2D eigenvalue weighted by molar-refractivity contribution is 4.78. The van der Waals surface area contributed by atoms with Crippen LogP contribution in [0.2, 0.25) is 0 Å². The van der Waals surface area contributed by atoms with Gasteiger partial charge in [0.15, 0.2) is 0 Å². The van der Waals surface area contributed by atoms with Crippen LogP contribution in [0.15, 0.2) is 0 Å². The lowest BCUT2D eigenvalue weighted by molar-refractivity contribution is 0.0735. The molecule has 1 N–H and O–H groups in total. The van der Waals surface area contributed by atoms with Gasteiger partial charge in [-0.2, -0.15) is 0 Å². The molecule has 1 aliphatic heterocycles. The Hall–Kier alpha value is -0.150. The van der Waals surface area contributed by atoms with Crippen molar-refractivity contribution in [2.24, 2.45) is 5.92 Å². The second-order valence-corrected chi connectivity index (χ2v) is 2.83. The zero-order valence-corrected chi connectivity index (χ0v) is 6.09. The van der Waals surface area contributed by atoms with Crippen LogP contribution in [0.3, 0.4) is 0 Å². The number of hydrogen-bond acceptors (Lipinski definition) is 2. The van der Waals surface area contributed by atoms with Crippen LogP contribution in [0.1, 0.15) is 6.42 Å². The van der Waals surface area contributed by atoms with Crippen LogP contribution in [-0.2, 0) is 0 Å². The Labute approximate surface area is 60.6 Å². The van der Waals surface area contributed by atoms with Crippen molar-refractivity contribution in [3.05, 3.63) is 0 Å². The molecule has 1 saturated heterocycles. The average molecular weight is 147 g/mol. The van der Waals surface area contributed by atoms with Gasteiger partial charge in [0.25, 0.3) is 0 Å². The molecule has 0 aromatic heterocycles. The molecular weight excluding hydrogens is 133 g/mol. The number of nitrogens with zero attached hydrogens (tertiary/aromatic N) is 1. The number of alkyl halides is 1. The van der Waals surface area contributed by atoms with Crippen LogP contribution < -0.4 is 0 Å². The topological polar surface area (TPSA) is 23.5 Å². The smallest absolute Gasteiger partial charge is 0.102 e. The van der Waals surface area contributed by atoms with Gasteiger partial charge in [0, 0.05) is 26.2 Å². The second kappa shape index (κ2) is 3.88. The van der Waals surface area contributed by atoms with Crippen molar-refractivity contribution in [3.63, 3.8) is 0 Å². The molecule has 1 rings (SSSR count).